The van der Waals surface area contributed by atoms with Crippen molar-refractivity contribution in [1.82, 2.24) is 5.32 Å². The van der Waals surface area contributed by atoms with Crippen molar-refractivity contribution >= 4 is 11.7 Å². The van der Waals surface area contributed by atoms with Gasteiger partial charge in [0.2, 0.25) is 5.91 Å². The lowest BCUT2D eigenvalue weighted by Gasteiger charge is -2.37. The normalized spacial score (nSPS) is 28.2. The molecule has 1 N–H and O–H groups in total. The van der Waals surface area contributed by atoms with Gasteiger partial charge in [-0.1, -0.05) is 38.5 Å². The molecule has 0 aromatic carbocycles. The van der Waals surface area contributed by atoms with Crippen LogP contribution in [0, 0.1) is 17.8 Å². The summed E-state index contributed by atoms with van der Waals surface area (Å²) in [5.41, 5.74) is 0. The van der Waals surface area contributed by atoms with E-state index in [4.69, 9.17) is 0 Å². The van der Waals surface area contributed by atoms with Crippen molar-refractivity contribution in [3.63, 3.8) is 0 Å². The fourth-order valence-electron chi connectivity index (χ4n) is 5.04. The lowest BCUT2D eigenvalue weighted by molar-refractivity contribution is -0.133. The highest BCUT2D eigenvalue weighted by Crippen LogP contribution is 2.40. The van der Waals surface area contributed by atoms with Crippen molar-refractivity contribution in [1.29, 1.82) is 0 Å². The van der Waals surface area contributed by atoms with Gasteiger partial charge in [-0.25, -0.2) is 0 Å². The third kappa shape index (κ3) is 3.72. The minimum absolute atomic E-state index is 0.175. The van der Waals surface area contributed by atoms with E-state index in [2.05, 4.69) is 5.32 Å². The molecule has 0 saturated heterocycles. The first-order valence-electron chi connectivity index (χ1n) is 9.59. The predicted molar refractivity (Wildman–Crippen MR) is 87.4 cm³/mol. The second-order valence-corrected chi connectivity index (χ2v) is 7.74. The zero-order valence-electron chi connectivity index (χ0n) is 13.8. The number of Topliss-reactive ketones (excluding diaryl/α,β-unsaturated/α-hetero) is 1. The summed E-state index contributed by atoms with van der Waals surface area (Å²) in [6.45, 7) is 0. The van der Waals surface area contributed by atoms with Crippen LogP contribution in [0.25, 0.3) is 0 Å². The van der Waals surface area contributed by atoms with Crippen molar-refractivity contribution in [2.24, 2.45) is 17.8 Å². The molecule has 3 rings (SSSR count). The van der Waals surface area contributed by atoms with Gasteiger partial charge >= 0.3 is 0 Å². The van der Waals surface area contributed by atoms with Crippen LogP contribution in [0.15, 0.2) is 0 Å². The summed E-state index contributed by atoms with van der Waals surface area (Å²) in [5.74, 6) is 1.76. The van der Waals surface area contributed by atoms with E-state index in [0.717, 1.165) is 12.8 Å². The van der Waals surface area contributed by atoms with E-state index in [1.807, 2.05) is 0 Å². The summed E-state index contributed by atoms with van der Waals surface area (Å²) in [6.07, 6.45) is 15.1. The van der Waals surface area contributed by atoms with Gasteiger partial charge in [0, 0.05) is 12.3 Å². The molecule has 0 aliphatic heterocycles. The van der Waals surface area contributed by atoms with Gasteiger partial charge in [0.25, 0.3) is 0 Å². The molecule has 3 fully saturated rings. The molecule has 3 heteroatoms. The summed E-state index contributed by atoms with van der Waals surface area (Å²) >= 11 is 0. The van der Waals surface area contributed by atoms with E-state index >= 15 is 0 Å². The van der Waals surface area contributed by atoms with Gasteiger partial charge in [-0.15, -0.1) is 0 Å². The quantitative estimate of drug-likeness (QED) is 0.853. The third-order valence-corrected chi connectivity index (χ3v) is 6.24. The number of carbonyl (C=O) groups is 2. The maximum atomic E-state index is 13.0. The first kappa shape index (κ1) is 16.0. The fourth-order valence-corrected chi connectivity index (χ4v) is 5.04. The van der Waals surface area contributed by atoms with E-state index in [1.54, 1.807) is 0 Å². The van der Waals surface area contributed by atoms with Crippen molar-refractivity contribution in [3.05, 3.63) is 0 Å². The van der Waals surface area contributed by atoms with Gasteiger partial charge in [-0.3, -0.25) is 9.59 Å². The lowest BCUT2D eigenvalue weighted by atomic mass is 9.69. The molecule has 3 saturated carbocycles. The Morgan fingerprint density at radius 3 is 1.82 bits per heavy atom. The maximum absolute atomic E-state index is 13.0. The van der Waals surface area contributed by atoms with E-state index in [0.29, 0.717) is 18.3 Å². The zero-order chi connectivity index (χ0) is 15.4. The molecular formula is C19H31NO2. The molecule has 0 heterocycles. The largest absolute Gasteiger partial charge is 0.346 e. The predicted octanol–water partition coefficient (Wildman–Crippen LogP) is 4.00. The molecule has 0 bridgehead atoms. The van der Waals surface area contributed by atoms with E-state index in [-0.39, 0.29) is 23.7 Å². The molecule has 0 aromatic heterocycles. The zero-order valence-corrected chi connectivity index (χ0v) is 13.8. The molecule has 3 nitrogen and oxygen atoms in total. The summed E-state index contributed by atoms with van der Waals surface area (Å²) < 4.78 is 0. The highest BCUT2D eigenvalue weighted by atomic mass is 16.2. The van der Waals surface area contributed by atoms with Crippen molar-refractivity contribution in [2.45, 2.75) is 89.5 Å². The van der Waals surface area contributed by atoms with Crippen LogP contribution in [0.4, 0.5) is 0 Å². The number of rotatable bonds is 4. The number of hydrogen-bond acceptors (Lipinski definition) is 2. The van der Waals surface area contributed by atoms with Crippen LogP contribution in [0.3, 0.4) is 0 Å². The van der Waals surface area contributed by atoms with Crippen LogP contribution in [0.5, 0.6) is 0 Å². The third-order valence-electron chi connectivity index (χ3n) is 6.24. The Balaban J connectivity index is 1.68. The van der Waals surface area contributed by atoms with Crippen molar-refractivity contribution in [3.8, 4) is 0 Å². The summed E-state index contributed by atoms with van der Waals surface area (Å²) in [5, 5.41) is 3.13. The van der Waals surface area contributed by atoms with Gasteiger partial charge in [0.15, 0.2) is 5.78 Å². The van der Waals surface area contributed by atoms with Crippen LogP contribution in [-0.4, -0.2) is 17.7 Å². The SMILES string of the molecule is O=C1CCCC1NC(=O)C(C1CCCCC1)C1CCCCC1. The maximum Gasteiger partial charge on any atom is 0.224 e. The molecule has 0 radical (unpaired) electrons. The second-order valence-electron chi connectivity index (χ2n) is 7.74. The Bertz CT molecular complexity index is 376. The highest BCUT2D eigenvalue weighted by molar-refractivity contribution is 5.91. The van der Waals surface area contributed by atoms with Crippen LogP contribution in [0.2, 0.25) is 0 Å². The smallest absolute Gasteiger partial charge is 0.224 e. The molecule has 3 aliphatic rings. The van der Waals surface area contributed by atoms with Crippen LogP contribution >= 0.6 is 0 Å². The molecule has 1 amide bonds. The van der Waals surface area contributed by atoms with Crippen LogP contribution in [-0.2, 0) is 9.59 Å². The fraction of sp³-hybridized carbons (Fsp3) is 0.895. The standard InChI is InChI=1S/C19H31NO2/c21-17-13-7-12-16(17)20-19(22)18(14-8-3-1-4-9-14)15-10-5-2-6-11-15/h14-16,18H,1-13H2,(H,20,22). The lowest BCUT2D eigenvalue weighted by Crippen LogP contribution is -2.46. The molecule has 124 valence electrons. The first-order valence-corrected chi connectivity index (χ1v) is 9.59. The Kier molecular flexibility index (Phi) is 5.54. The highest BCUT2D eigenvalue weighted by Gasteiger charge is 2.38. The minimum atomic E-state index is -0.179. The van der Waals surface area contributed by atoms with Gasteiger partial charge in [0.05, 0.1) is 6.04 Å². The van der Waals surface area contributed by atoms with Crippen LogP contribution in [0.1, 0.15) is 83.5 Å². The van der Waals surface area contributed by atoms with E-state index < -0.39 is 0 Å². The molecule has 1 unspecified atom stereocenters. The van der Waals surface area contributed by atoms with Gasteiger partial charge < -0.3 is 5.32 Å². The summed E-state index contributed by atoms with van der Waals surface area (Å²) in [7, 11) is 0. The summed E-state index contributed by atoms with van der Waals surface area (Å²) in [4.78, 5) is 24.9. The molecule has 3 aliphatic carbocycles. The van der Waals surface area contributed by atoms with Gasteiger partial charge in [-0.2, -0.15) is 0 Å². The van der Waals surface area contributed by atoms with E-state index in [1.165, 1.54) is 64.2 Å². The van der Waals surface area contributed by atoms with Crippen LogP contribution < -0.4 is 5.32 Å². The minimum Gasteiger partial charge on any atom is -0.346 e. The van der Waals surface area contributed by atoms with E-state index in [9.17, 15) is 9.59 Å². The Labute approximate surface area is 134 Å². The number of hydrogen-bond donors (Lipinski definition) is 1. The average molecular weight is 305 g/mol. The van der Waals surface area contributed by atoms with Crippen molar-refractivity contribution in [2.75, 3.05) is 0 Å². The Morgan fingerprint density at radius 1 is 0.818 bits per heavy atom. The Hall–Kier alpha value is -0.860. The van der Waals surface area contributed by atoms with Crippen molar-refractivity contribution < 1.29 is 9.59 Å². The molecular weight excluding hydrogens is 274 g/mol. The molecule has 22 heavy (non-hydrogen) atoms. The number of ketones is 1. The molecule has 0 aromatic rings. The number of nitrogens with one attached hydrogen (secondary N) is 1. The summed E-state index contributed by atoms with van der Waals surface area (Å²) in [6, 6.07) is -0.179. The van der Waals surface area contributed by atoms with Gasteiger partial charge in [0.1, 0.15) is 0 Å². The monoisotopic (exact) mass is 305 g/mol. The second kappa shape index (κ2) is 7.61. The number of amides is 1. The number of carbonyl (C=O) groups excluding carboxylic acids is 2. The topological polar surface area (TPSA) is 46.2 Å². The Morgan fingerprint density at radius 2 is 1.36 bits per heavy atom. The first-order chi connectivity index (χ1) is 10.8. The molecule has 1 atom stereocenters. The van der Waals surface area contributed by atoms with Gasteiger partial charge in [-0.05, 0) is 50.4 Å². The molecule has 0 spiro atoms. The average Bonchev–Trinajstić information content (AvgIpc) is 2.95.